The third-order valence-electron chi connectivity index (χ3n) is 4.26. The summed E-state index contributed by atoms with van der Waals surface area (Å²) in [6.07, 6.45) is 2.29. The molecule has 0 unspecified atom stereocenters. The first kappa shape index (κ1) is 20.6. The van der Waals surface area contributed by atoms with Crippen LogP contribution >= 0.6 is 0 Å². The fraction of sp³-hybridized carbons (Fsp3) is 0.176. The number of pyridine rings is 1. The molecule has 0 atom stereocenters. The molecular formula is C17H13F4N3O4S. The highest BCUT2D eigenvalue weighted by molar-refractivity contribution is 7.92. The van der Waals surface area contributed by atoms with Crippen LogP contribution in [0.4, 0.5) is 17.6 Å². The maximum Gasteiger partial charge on any atom is 0.501 e. The zero-order valence-corrected chi connectivity index (χ0v) is 15.5. The van der Waals surface area contributed by atoms with E-state index >= 15 is 0 Å². The lowest BCUT2D eigenvalue weighted by molar-refractivity contribution is -0.0436. The minimum Gasteiger partial charge on any atom is -0.493 e. The number of nitrogens with zero attached hydrogens (tertiary/aromatic N) is 3. The van der Waals surface area contributed by atoms with Crippen molar-refractivity contribution >= 4 is 9.84 Å². The predicted octanol–water partition coefficient (Wildman–Crippen LogP) is 2.53. The lowest BCUT2D eigenvalue weighted by atomic mass is 10.2. The predicted molar refractivity (Wildman–Crippen MR) is 93.0 cm³/mol. The number of halogens is 4. The number of alkyl halides is 3. The van der Waals surface area contributed by atoms with Crippen molar-refractivity contribution in [1.82, 2.24) is 14.1 Å². The van der Waals surface area contributed by atoms with Crippen molar-refractivity contribution in [2.45, 2.75) is 23.9 Å². The highest BCUT2D eigenvalue weighted by Crippen LogP contribution is 2.31. The molecule has 3 rings (SSSR count). The summed E-state index contributed by atoms with van der Waals surface area (Å²) in [6, 6.07) is 4.62. The van der Waals surface area contributed by atoms with Gasteiger partial charge in [0.15, 0.2) is 0 Å². The van der Waals surface area contributed by atoms with Gasteiger partial charge in [0.1, 0.15) is 5.82 Å². The van der Waals surface area contributed by atoms with E-state index in [2.05, 4.69) is 4.98 Å². The molecule has 0 spiro atoms. The number of rotatable bonds is 4. The molecule has 154 valence electrons. The summed E-state index contributed by atoms with van der Waals surface area (Å²) in [7, 11) is -5.55. The van der Waals surface area contributed by atoms with Crippen LogP contribution in [0.15, 0.2) is 52.4 Å². The van der Waals surface area contributed by atoms with Crippen molar-refractivity contribution in [2.24, 2.45) is 0 Å². The molecule has 0 aliphatic heterocycles. The largest absolute Gasteiger partial charge is 0.501 e. The van der Waals surface area contributed by atoms with E-state index in [-0.39, 0.29) is 23.5 Å². The Morgan fingerprint density at radius 3 is 2.31 bits per heavy atom. The van der Waals surface area contributed by atoms with Gasteiger partial charge in [0, 0.05) is 11.8 Å². The minimum absolute atomic E-state index is 0.0642. The Hall–Kier alpha value is -3.15. The Morgan fingerprint density at radius 1 is 1.14 bits per heavy atom. The molecule has 0 amide bonds. The van der Waals surface area contributed by atoms with E-state index in [0.717, 1.165) is 27.5 Å². The summed E-state index contributed by atoms with van der Waals surface area (Å²) in [5.41, 5.74) is -6.11. The standard InChI is InChI=1S/C17H13F4N3O4S/c1-10-15(25)24(16(26)23(10)9-11-6-7-22-8-14(11)18)12-2-4-13(5-3-12)29(27,28)17(19,20)21/h2-8,25H,9H2,1H3. The van der Waals surface area contributed by atoms with Gasteiger partial charge in [-0.25, -0.2) is 22.2 Å². The molecule has 0 saturated carbocycles. The SMILES string of the molecule is Cc1c(O)n(-c2ccc(S(=O)(=O)C(F)(F)F)cc2)c(=O)n1Cc1ccncc1F. The minimum atomic E-state index is -5.55. The van der Waals surface area contributed by atoms with Gasteiger partial charge in [0.25, 0.3) is 9.84 Å². The van der Waals surface area contributed by atoms with Crippen molar-refractivity contribution < 1.29 is 31.1 Å². The normalized spacial score (nSPS) is 12.3. The van der Waals surface area contributed by atoms with Crippen molar-refractivity contribution in [3.8, 4) is 11.6 Å². The van der Waals surface area contributed by atoms with Gasteiger partial charge >= 0.3 is 11.2 Å². The maximum atomic E-state index is 13.8. The van der Waals surface area contributed by atoms with Crippen LogP contribution in [0.25, 0.3) is 5.69 Å². The number of benzene rings is 1. The summed E-state index contributed by atoms with van der Waals surface area (Å²) < 4.78 is 76.5. The van der Waals surface area contributed by atoms with Gasteiger partial charge in [-0.1, -0.05) is 0 Å². The van der Waals surface area contributed by atoms with Gasteiger partial charge < -0.3 is 5.11 Å². The molecule has 3 aromatic rings. The zero-order valence-electron chi connectivity index (χ0n) is 14.7. The van der Waals surface area contributed by atoms with Crippen molar-refractivity contribution in [3.63, 3.8) is 0 Å². The molecule has 29 heavy (non-hydrogen) atoms. The molecule has 2 heterocycles. The first-order chi connectivity index (χ1) is 13.4. The second-order valence-corrected chi connectivity index (χ2v) is 7.96. The van der Waals surface area contributed by atoms with Gasteiger partial charge in [-0.3, -0.25) is 9.55 Å². The van der Waals surface area contributed by atoms with Crippen LogP contribution in [0.1, 0.15) is 11.3 Å². The highest BCUT2D eigenvalue weighted by atomic mass is 32.2. The van der Waals surface area contributed by atoms with Crippen LogP contribution in [0.2, 0.25) is 0 Å². The third kappa shape index (κ3) is 3.50. The summed E-state index contributed by atoms with van der Waals surface area (Å²) in [6.45, 7) is 1.18. The van der Waals surface area contributed by atoms with E-state index in [4.69, 9.17) is 0 Å². The first-order valence-electron chi connectivity index (χ1n) is 7.96. The van der Waals surface area contributed by atoms with E-state index in [9.17, 15) is 35.9 Å². The molecule has 7 nitrogen and oxygen atoms in total. The Kier molecular flexibility index (Phi) is 4.99. The third-order valence-corrected chi connectivity index (χ3v) is 5.76. The maximum absolute atomic E-state index is 13.8. The summed E-state index contributed by atoms with van der Waals surface area (Å²) in [5.74, 6) is -1.18. The lowest BCUT2D eigenvalue weighted by Gasteiger charge is -2.09. The number of aromatic hydroxyl groups is 1. The van der Waals surface area contributed by atoms with Gasteiger partial charge in [-0.05, 0) is 37.3 Å². The fourth-order valence-electron chi connectivity index (χ4n) is 2.67. The van der Waals surface area contributed by atoms with Gasteiger partial charge in [0.05, 0.1) is 29.0 Å². The second-order valence-electron chi connectivity index (χ2n) is 6.02. The fourth-order valence-corrected chi connectivity index (χ4v) is 3.43. The number of sulfone groups is 1. The summed E-state index contributed by atoms with van der Waals surface area (Å²) in [4.78, 5) is 15.3. The topological polar surface area (TPSA) is 94.2 Å². The summed E-state index contributed by atoms with van der Waals surface area (Å²) >= 11 is 0. The van der Waals surface area contributed by atoms with Crippen molar-refractivity contribution in [1.29, 1.82) is 0 Å². The Balaban J connectivity index is 2.05. The Morgan fingerprint density at radius 2 is 1.76 bits per heavy atom. The van der Waals surface area contributed by atoms with Crippen LogP contribution < -0.4 is 5.69 Å². The molecule has 1 aromatic carbocycles. The monoisotopic (exact) mass is 431 g/mol. The lowest BCUT2D eigenvalue weighted by Crippen LogP contribution is -2.25. The van der Waals surface area contributed by atoms with Crippen LogP contribution in [0.3, 0.4) is 0 Å². The first-order valence-corrected chi connectivity index (χ1v) is 9.44. The van der Waals surface area contributed by atoms with E-state index in [0.29, 0.717) is 12.1 Å². The molecule has 0 aliphatic carbocycles. The number of hydrogen-bond acceptors (Lipinski definition) is 5. The van der Waals surface area contributed by atoms with Crippen LogP contribution in [0.5, 0.6) is 5.88 Å². The molecule has 0 saturated heterocycles. The molecule has 0 bridgehead atoms. The Labute approximate surface area is 161 Å². The van der Waals surface area contributed by atoms with Crippen LogP contribution in [0, 0.1) is 12.7 Å². The molecule has 12 heteroatoms. The van der Waals surface area contributed by atoms with Crippen molar-refractivity contribution in [2.75, 3.05) is 0 Å². The second kappa shape index (κ2) is 7.03. The van der Waals surface area contributed by atoms with Crippen LogP contribution in [-0.2, 0) is 16.4 Å². The molecule has 2 aromatic heterocycles. The van der Waals surface area contributed by atoms with Gasteiger partial charge in [-0.2, -0.15) is 13.2 Å². The van der Waals surface area contributed by atoms with E-state index in [1.807, 2.05) is 0 Å². The number of hydrogen-bond donors (Lipinski definition) is 1. The van der Waals surface area contributed by atoms with Gasteiger partial charge in [-0.15, -0.1) is 0 Å². The number of imidazole rings is 1. The molecule has 0 radical (unpaired) electrons. The van der Waals surface area contributed by atoms with E-state index in [1.54, 1.807) is 0 Å². The molecule has 0 fully saturated rings. The number of aromatic nitrogens is 3. The van der Waals surface area contributed by atoms with Crippen LogP contribution in [-0.4, -0.2) is 33.2 Å². The molecule has 0 aliphatic rings. The highest BCUT2D eigenvalue weighted by Gasteiger charge is 2.46. The molecule has 1 N–H and O–H groups in total. The van der Waals surface area contributed by atoms with E-state index in [1.165, 1.54) is 19.2 Å². The Bertz CT molecular complexity index is 1230. The smallest absolute Gasteiger partial charge is 0.493 e. The quantitative estimate of drug-likeness (QED) is 0.641. The zero-order chi connectivity index (χ0) is 21.6. The van der Waals surface area contributed by atoms with E-state index < -0.39 is 37.6 Å². The average Bonchev–Trinajstić information content (AvgIpc) is 2.86. The van der Waals surface area contributed by atoms with Gasteiger partial charge in [0.2, 0.25) is 5.88 Å². The van der Waals surface area contributed by atoms with Crippen molar-refractivity contribution in [3.05, 3.63) is 70.3 Å². The molecular weight excluding hydrogens is 418 g/mol. The summed E-state index contributed by atoms with van der Waals surface area (Å²) in [5, 5.41) is 10.3. The average molecular weight is 431 g/mol.